The Kier molecular flexibility index (Phi) is 3.47. The standard InChI is InChI=1S/C12H13NO5/c14-7-8-3-4-9-10(6-8)18-12(17)13(9)5-1-2-11(15)16/h3-4,6,14H,1-2,5,7H2,(H,15,16). The fourth-order valence-corrected chi connectivity index (χ4v) is 1.81. The third-order valence-corrected chi connectivity index (χ3v) is 2.69. The fourth-order valence-electron chi connectivity index (χ4n) is 1.81. The van der Waals surface area contributed by atoms with E-state index >= 15 is 0 Å². The van der Waals surface area contributed by atoms with E-state index in [4.69, 9.17) is 14.6 Å². The molecule has 0 aliphatic carbocycles. The highest BCUT2D eigenvalue weighted by Gasteiger charge is 2.10. The van der Waals surface area contributed by atoms with E-state index in [1.165, 1.54) is 4.57 Å². The van der Waals surface area contributed by atoms with Gasteiger partial charge in [-0.1, -0.05) is 6.07 Å². The molecule has 6 heteroatoms. The molecule has 2 aromatic rings. The lowest BCUT2D eigenvalue weighted by Crippen LogP contribution is -2.14. The maximum atomic E-state index is 11.6. The minimum Gasteiger partial charge on any atom is -0.481 e. The molecule has 0 saturated heterocycles. The first-order valence-corrected chi connectivity index (χ1v) is 5.56. The number of hydrogen-bond donors (Lipinski definition) is 2. The maximum absolute atomic E-state index is 11.6. The number of oxazole rings is 1. The number of carboxylic acid groups (broad SMARTS) is 1. The molecule has 0 radical (unpaired) electrons. The van der Waals surface area contributed by atoms with Gasteiger partial charge in [-0.25, -0.2) is 4.79 Å². The molecular weight excluding hydrogens is 238 g/mol. The number of aromatic nitrogens is 1. The molecule has 2 rings (SSSR count). The van der Waals surface area contributed by atoms with Crippen LogP contribution in [0.5, 0.6) is 0 Å². The zero-order valence-electron chi connectivity index (χ0n) is 9.63. The van der Waals surface area contributed by atoms with Crippen molar-refractivity contribution in [3.63, 3.8) is 0 Å². The Hall–Kier alpha value is -2.08. The Morgan fingerprint density at radius 2 is 2.17 bits per heavy atom. The van der Waals surface area contributed by atoms with Crippen molar-refractivity contribution < 1.29 is 19.4 Å². The van der Waals surface area contributed by atoms with E-state index in [9.17, 15) is 9.59 Å². The van der Waals surface area contributed by atoms with Gasteiger partial charge in [-0.15, -0.1) is 0 Å². The van der Waals surface area contributed by atoms with Gasteiger partial charge in [0.05, 0.1) is 12.1 Å². The van der Waals surface area contributed by atoms with Crippen LogP contribution < -0.4 is 5.76 Å². The average molecular weight is 251 g/mol. The van der Waals surface area contributed by atoms with Gasteiger partial charge in [0, 0.05) is 13.0 Å². The summed E-state index contributed by atoms with van der Waals surface area (Å²) in [7, 11) is 0. The number of nitrogens with zero attached hydrogens (tertiary/aromatic N) is 1. The molecule has 0 saturated carbocycles. The van der Waals surface area contributed by atoms with Gasteiger partial charge >= 0.3 is 11.7 Å². The predicted octanol–water partition coefficient (Wildman–Crippen LogP) is 0.952. The normalized spacial score (nSPS) is 10.9. The molecule has 1 aromatic heterocycles. The number of benzene rings is 1. The van der Waals surface area contributed by atoms with E-state index < -0.39 is 11.7 Å². The number of hydrogen-bond acceptors (Lipinski definition) is 4. The number of aliphatic carboxylic acids is 1. The molecule has 1 aromatic carbocycles. The number of fused-ring (bicyclic) bond motifs is 1. The molecule has 96 valence electrons. The molecule has 0 amide bonds. The second-order valence-corrected chi connectivity index (χ2v) is 3.98. The van der Waals surface area contributed by atoms with E-state index in [2.05, 4.69) is 0 Å². The Morgan fingerprint density at radius 3 is 2.83 bits per heavy atom. The van der Waals surface area contributed by atoms with Crippen LogP contribution in [0.3, 0.4) is 0 Å². The van der Waals surface area contributed by atoms with Crippen molar-refractivity contribution in [1.82, 2.24) is 4.57 Å². The zero-order chi connectivity index (χ0) is 13.1. The van der Waals surface area contributed by atoms with Crippen molar-refractivity contribution in [3.8, 4) is 0 Å². The lowest BCUT2D eigenvalue weighted by molar-refractivity contribution is -0.137. The van der Waals surface area contributed by atoms with Crippen molar-refractivity contribution in [2.45, 2.75) is 26.0 Å². The molecular formula is C12H13NO5. The molecule has 1 heterocycles. The predicted molar refractivity (Wildman–Crippen MR) is 63.3 cm³/mol. The Labute approximate surface area is 102 Å². The largest absolute Gasteiger partial charge is 0.481 e. The van der Waals surface area contributed by atoms with Crippen molar-refractivity contribution in [3.05, 3.63) is 34.3 Å². The molecule has 0 unspecified atom stereocenters. The number of aliphatic hydroxyl groups is 1. The highest BCUT2D eigenvalue weighted by Crippen LogP contribution is 2.15. The third kappa shape index (κ3) is 2.43. The number of carbonyl (C=O) groups is 1. The Bertz CT molecular complexity index is 625. The van der Waals surface area contributed by atoms with Crippen LogP contribution in [-0.2, 0) is 17.9 Å². The van der Waals surface area contributed by atoms with Crippen LogP contribution >= 0.6 is 0 Å². The minimum absolute atomic E-state index is 0.00777. The first-order valence-electron chi connectivity index (χ1n) is 5.56. The molecule has 0 aliphatic heterocycles. The summed E-state index contributed by atoms with van der Waals surface area (Å²) in [5.74, 6) is -1.40. The highest BCUT2D eigenvalue weighted by molar-refractivity contribution is 5.73. The number of aliphatic hydroxyl groups excluding tert-OH is 1. The first-order chi connectivity index (χ1) is 8.61. The molecule has 0 spiro atoms. The quantitative estimate of drug-likeness (QED) is 0.825. The van der Waals surface area contributed by atoms with Gasteiger partial charge in [0.1, 0.15) is 0 Å². The van der Waals surface area contributed by atoms with E-state index in [0.29, 0.717) is 29.6 Å². The summed E-state index contributed by atoms with van der Waals surface area (Å²) < 4.78 is 6.45. The van der Waals surface area contributed by atoms with Crippen molar-refractivity contribution >= 4 is 17.1 Å². The van der Waals surface area contributed by atoms with E-state index in [1.54, 1.807) is 18.2 Å². The van der Waals surface area contributed by atoms with Crippen LogP contribution in [0.1, 0.15) is 18.4 Å². The summed E-state index contributed by atoms with van der Waals surface area (Å²) >= 11 is 0. The molecule has 0 atom stereocenters. The monoisotopic (exact) mass is 251 g/mol. The summed E-state index contributed by atoms with van der Waals surface area (Å²) in [6.45, 7) is 0.181. The van der Waals surface area contributed by atoms with Crippen LogP contribution in [-0.4, -0.2) is 20.7 Å². The van der Waals surface area contributed by atoms with Gasteiger partial charge in [-0.05, 0) is 24.1 Å². The Morgan fingerprint density at radius 1 is 1.39 bits per heavy atom. The first kappa shape index (κ1) is 12.4. The fraction of sp³-hybridized carbons (Fsp3) is 0.333. The molecule has 0 aliphatic rings. The van der Waals surface area contributed by atoms with Gasteiger partial charge in [0.15, 0.2) is 5.58 Å². The number of carboxylic acids is 1. The number of rotatable bonds is 5. The molecule has 2 N–H and O–H groups in total. The van der Waals surface area contributed by atoms with Crippen LogP contribution in [0.4, 0.5) is 0 Å². The topological polar surface area (TPSA) is 92.7 Å². The second kappa shape index (κ2) is 5.05. The van der Waals surface area contributed by atoms with Gasteiger partial charge in [-0.3, -0.25) is 9.36 Å². The summed E-state index contributed by atoms with van der Waals surface area (Å²) in [6, 6.07) is 4.99. The van der Waals surface area contributed by atoms with E-state index in [0.717, 1.165) is 0 Å². The van der Waals surface area contributed by atoms with E-state index in [-0.39, 0.29) is 13.0 Å². The molecule has 18 heavy (non-hydrogen) atoms. The number of aryl methyl sites for hydroxylation is 1. The molecule has 6 nitrogen and oxygen atoms in total. The van der Waals surface area contributed by atoms with Gasteiger partial charge in [-0.2, -0.15) is 0 Å². The lowest BCUT2D eigenvalue weighted by Gasteiger charge is -2.00. The van der Waals surface area contributed by atoms with E-state index in [1.807, 2.05) is 0 Å². The third-order valence-electron chi connectivity index (χ3n) is 2.69. The average Bonchev–Trinajstić information content (AvgIpc) is 2.64. The SMILES string of the molecule is O=C(O)CCCn1c(=O)oc2cc(CO)ccc21. The van der Waals surface area contributed by atoms with Crippen LogP contribution in [0.25, 0.3) is 11.1 Å². The van der Waals surface area contributed by atoms with Crippen molar-refractivity contribution in [2.24, 2.45) is 0 Å². The molecule has 0 fully saturated rings. The molecule has 0 bridgehead atoms. The second-order valence-electron chi connectivity index (χ2n) is 3.98. The van der Waals surface area contributed by atoms with Gasteiger partial charge in [0.25, 0.3) is 0 Å². The summed E-state index contributed by atoms with van der Waals surface area (Å²) in [5, 5.41) is 17.5. The van der Waals surface area contributed by atoms with Crippen LogP contribution in [0, 0.1) is 0 Å². The van der Waals surface area contributed by atoms with Crippen molar-refractivity contribution in [1.29, 1.82) is 0 Å². The summed E-state index contributed by atoms with van der Waals surface area (Å²) in [6.07, 6.45) is 0.374. The zero-order valence-corrected chi connectivity index (χ0v) is 9.63. The van der Waals surface area contributed by atoms with Crippen LogP contribution in [0.15, 0.2) is 27.4 Å². The summed E-state index contributed by atoms with van der Waals surface area (Å²) in [5.41, 5.74) is 1.68. The smallest absolute Gasteiger partial charge is 0.419 e. The van der Waals surface area contributed by atoms with Crippen LogP contribution in [0.2, 0.25) is 0 Å². The highest BCUT2D eigenvalue weighted by atomic mass is 16.4. The lowest BCUT2D eigenvalue weighted by atomic mass is 10.2. The maximum Gasteiger partial charge on any atom is 0.419 e. The van der Waals surface area contributed by atoms with Gasteiger partial charge < -0.3 is 14.6 Å². The van der Waals surface area contributed by atoms with Gasteiger partial charge in [0.2, 0.25) is 0 Å². The Balaban J connectivity index is 2.30. The minimum atomic E-state index is -0.890. The summed E-state index contributed by atoms with van der Waals surface area (Å²) in [4.78, 5) is 22.0. The van der Waals surface area contributed by atoms with Crippen molar-refractivity contribution in [2.75, 3.05) is 0 Å².